The summed E-state index contributed by atoms with van der Waals surface area (Å²) in [5.41, 5.74) is 3.81. The van der Waals surface area contributed by atoms with Crippen molar-refractivity contribution in [2.75, 3.05) is 46.5 Å². The number of hydrogen-bond acceptors (Lipinski definition) is 4. The Hall–Kier alpha value is -2.83. The topological polar surface area (TPSA) is 55.7 Å². The van der Waals surface area contributed by atoms with E-state index in [2.05, 4.69) is 57.4 Å². The van der Waals surface area contributed by atoms with Crippen LogP contribution in [0.1, 0.15) is 55.6 Å². The molecule has 2 heterocycles. The second-order valence-electron chi connectivity index (χ2n) is 10.6. The van der Waals surface area contributed by atoms with E-state index >= 15 is 0 Å². The van der Waals surface area contributed by atoms with Gasteiger partial charge in [0.25, 0.3) is 0 Å². The molecule has 3 aromatic rings. The molecule has 1 saturated heterocycles. The molecule has 1 unspecified atom stereocenters. The van der Waals surface area contributed by atoms with E-state index in [0.29, 0.717) is 18.9 Å². The lowest BCUT2D eigenvalue weighted by molar-refractivity contribution is -0.121. The Balaban J connectivity index is 1.35. The summed E-state index contributed by atoms with van der Waals surface area (Å²) < 4.78 is 13.1. The lowest BCUT2D eigenvalue weighted by atomic mass is 9.75. The van der Waals surface area contributed by atoms with Crippen molar-refractivity contribution in [2.24, 2.45) is 5.92 Å². The number of para-hydroxylation sites is 1. The molecule has 2 fully saturated rings. The number of nitrogens with one attached hydrogen (secondary N) is 1. The van der Waals surface area contributed by atoms with Crippen molar-refractivity contribution in [3.05, 3.63) is 65.9 Å². The molecular formula is C31H41N3O3. The zero-order chi connectivity index (χ0) is 25.5. The number of fused-ring (bicyclic) bond motifs is 1. The highest BCUT2D eigenvalue weighted by Crippen LogP contribution is 2.41. The molecule has 0 spiro atoms. The Labute approximate surface area is 220 Å². The number of ether oxygens (including phenoxy) is 2. The molecule has 1 aliphatic heterocycles. The fourth-order valence-corrected chi connectivity index (χ4v) is 6.15. The van der Waals surface area contributed by atoms with Gasteiger partial charge in [0.1, 0.15) is 5.75 Å². The van der Waals surface area contributed by atoms with Gasteiger partial charge in [0.05, 0.1) is 20.3 Å². The largest absolute Gasteiger partial charge is 0.497 e. The summed E-state index contributed by atoms with van der Waals surface area (Å²) in [6.45, 7) is 5.88. The molecule has 2 aromatic carbocycles. The maximum atomic E-state index is 13.2. The quantitative estimate of drug-likeness (QED) is 0.413. The standard InChI is InChI=1S/C31H41N3O3/c1-36-26-13-11-24(12-14-26)22-34-23-29(27-9-5-6-10-30(27)34)28(25-7-3-2-4-8-25)21-31(35)32-15-16-33-17-19-37-20-18-33/h5-6,9-14,23,25,28H,2-4,7-8,15-22H2,1H3,(H,32,35). The number of carbonyl (C=O) groups is 1. The maximum absolute atomic E-state index is 13.2. The normalized spacial score (nSPS) is 18.1. The summed E-state index contributed by atoms with van der Waals surface area (Å²) in [6.07, 6.45) is 9.16. The van der Waals surface area contributed by atoms with Gasteiger partial charge in [-0.3, -0.25) is 9.69 Å². The molecule has 1 aliphatic carbocycles. The predicted molar refractivity (Wildman–Crippen MR) is 148 cm³/mol. The second kappa shape index (κ2) is 12.6. The van der Waals surface area contributed by atoms with Crippen LogP contribution in [0.2, 0.25) is 0 Å². The van der Waals surface area contributed by atoms with E-state index in [1.807, 2.05) is 12.1 Å². The highest BCUT2D eigenvalue weighted by molar-refractivity contribution is 5.86. The summed E-state index contributed by atoms with van der Waals surface area (Å²) in [5, 5.41) is 4.52. The van der Waals surface area contributed by atoms with Crippen LogP contribution in [0.3, 0.4) is 0 Å². The first-order valence-electron chi connectivity index (χ1n) is 14.0. The van der Waals surface area contributed by atoms with Crippen LogP contribution >= 0.6 is 0 Å². The zero-order valence-corrected chi connectivity index (χ0v) is 22.2. The van der Waals surface area contributed by atoms with E-state index in [9.17, 15) is 4.79 Å². The van der Waals surface area contributed by atoms with Gasteiger partial charge < -0.3 is 19.4 Å². The first kappa shape index (κ1) is 25.8. The third-order valence-electron chi connectivity index (χ3n) is 8.21. The van der Waals surface area contributed by atoms with Crippen LogP contribution in [0.5, 0.6) is 5.75 Å². The summed E-state index contributed by atoms with van der Waals surface area (Å²) in [6, 6.07) is 17.0. The molecule has 0 radical (unpaired) electrons. The first-order chi connectivity index (χ1) is 18.2. The molecule has 6 nitrogen and oxygen atoms in total. The van der Waals surface area contributed by atoms with Crippen LogP contribution in [0.4, 0.5) is 0 Å². The predicted octanol–water partition coefficient (Wildman–Crippen LogP) is 5.20. The van der Waals surface area contributed by atoms with Gasteiger partial charge in [0.2, 0.25) is 5.91 Å². The number of morpholine rings is 1. The molecule has 1 N–H and O–H groups in total. The van der Waals surface area contributed by atoms with Crippen LogP contribution in [0, 0.1) is 5.92 Å². The summed E-state index contributed by atoms with van der Waals surface area (Å²) in [5.74, 6) is 1.85. The molecule has 37 heavy (non-hydrogen) atoms. The molecular weight excluding hydrogens is 462 g/mol. The first-order valence-corrected chi connectivity index (χ1v) is 14.0. The number of amides is 1. The van der Waals surface area contributed by atoms with Gasteiger partial charge in [0, 0.05) is 56.2 Å². The SMILES string of the molecule is COc1ccc(Cn2cc(C(CC(=O)NCCN3CCOCC3)C3CCCCC3)c3ccccc32)cc1. The number of rotatable bonds is 10. The van der Waals surface area contributed by atoms with Gasteiger partial charge in [-0.2, -0.15) is 0 Å². The van der Waals surface area contributed by atoms with Crippen molar-refractivity contribution in [1.29, 1.82) is 0 Å². The lowest BCUT2D eigenvalue weighted by Gasteiger charge is -2.30. The van der Waals surface area contributed by atoms with Crippen molar-refractivity contribution in [3.8, 4) is 5.75 Å². The van der Waals surface area contributed by atoms with E-state index in [1.165, 1.54) is 54.1 Å². The molecule has 1 amide bonds. The third-order valence-corrected chi connectivity index (χ3v) is 8.21. The van der Waals surface area contributed by atoms with Gasteiger partial charge >= 0.3 is 0 Å². The molecule has 2 aliphatic rings. The van der Waals surface area contributed by atoms with Gasteiger partial charge in [-0.05, 0) is 54.0 Å². The Kier molecular flexibility index (Phi) is 8.80. The number of carbonyl (C=O) groups excluding carboxylic acids is 1. The average Bonchev–Trinajstić information content (AvgIpc) is 3.31. The van der Waals surface area contributed by atoms with Crippen molar-refractivity contribution in [1.82, 2.24) is 14.8 Å². The van der Waals surface area contributed by atoms with Crippen LogP contribution in [-0.4, -0.2) is 61.9 Å². The van der Waals surface area contributed by atoms with Gasteiger partial charge in [-0.25, -0.2) is 0 Å². The van der Waals surface area contributed by atoms with Crippen molar-refractivity contribution >= 4 is 16.8 Å². The zero-order valence-electron chi connectivity index (χ0n) is 22.2. The number of benzene rings is 2. The van der Waals surface area contributed by atoms with Crippen LogP contribution in [0.25, 0.3) is 10.9 Å². The number of aromatic nitrogens is 1. The van der Waals surface area contributed by atoms with Gasteiger partial charge in [0.15, 0.2) is 0 Å². The number of hydrogen-bond donors (Lipinski definition) is 1. The van der Waals surface area contributed by atoms with Crippen LogP contribution in [0.15, 0.2) is 54.7 Å². The molecule has 1 atom stereocenters. The number of methoxy groups -OCH3 is 1. The Morgan fingerprint density at radius 1 is 1.05 bits per heavy atom. The summed E-state index contributed by atoms with van der Waals surface area (Å²) in [7, 11) is 1.70. The minimum Gasteiger partial charge on any atom is -0.497 e. The highest BCUT2D eigenvalue weighted by Gasteiger charge is 2.29. The van der Waals surface area contributed by atoms with Crippen molar-refractivity contribution < 1.29 is 14.3 Å². The van der Waals surface area contributed by atoms with E-state index in [-0.39, 0.29) is 11.8 Å². The minimum absolute atomic E-state index is 0.177. The van der Waals surface area contributed by atoms with Crippen LogP contribution < -0.4 is 10.1 Å². The molecule has 198 valence electrons. The van der Waals surface area contributed by atoms with Gasteiger partial charge in [-0.15, -0.1) is 0 Å². The second-order valence-corrected chi connectivity index (χ2v) is 10.6. The number of nitrogens with zero attached hydrogens (tertiary/aromatic N) is 2. The Bertz CT molecular complexity index is 1140. The highest BCUT2D eigenvalue weighted by atomic mass is 16.5. The smallest absolute Gasteiger partial charge is 0.220 e. The van der Waals surface area contributed by atoms with E-state index in [1.54, 1.807) is 7.11 Å². The minimum atomic E-state index is 0.177. The van der Waals surface area contributed by atoms with Crippen molar-refractivity contribution in [2.45, 2.75) is 51.0 Å². The Morgan fingerprint density at radius 2 is 1.81 bits per heavy atom. The maximum Gasteiger partial charge on any atom is 0.220 e. The third kappa shape index (κ3) is 6.55. The summed E-state index contributed by atoms with van der Waals surface area (Å²) >= 11 is 0. The fourth-order valence-electron chi connectivity index (χ4n) is 6.15. The van der Waals surface area contributed by atoms with E-state index in [0.717, 1.165) is 45.1 Å². The monoisotopic (exact) mass is 503 g/mol. The summed E-state index contributed by atoms with van der Waals surface area (Å²) in [4.78, 5) is 15.6. The van der Waals surface area contributed by atoms with E-state index < -0.39 is 0 Å². The molecule has 0 bridgehead atoms. The van der Waals surface area contributed by atoms with E-state index in [4.69, 9.17) is 9.47 Å². The Morgan fingerprint density at radius 3 is 2.57 bits per heavy atom. The molecule has 1 saturated carbocycles. The molecule has 5 rings (SSSR count). The average molecular weight is 504 g/mol. The lowest BCUT2D eigenvalue weighted by Crippen LogP contribution is -2.41. The molecule has 6 heteroatoms. The fraction of sp³-hybridized carbons (Fsp3) is 0.516. The van der Waals surface area contributed by atoms with Gasteiger partial charge in [-0.1, -0.05) is 49.6 Å². The van der Waals surface area contributed by atoms with Crippen molar-refractivity contribution in [3.63, 3.8) is 0 Å². The van der Waals surface area contributed by atoms with Crippen LogP contribution in [-0.2, 0) is 16.1 Å². The molecule has 1 aromatic heterocycles.